The van der Waals surface area contributed by atoms with Crippen molar-refractivity contribution in [3.8, 4) is 11.5 Å². The summed E-state index contributed by atoms with van der Waals surface area (Å²) in [5.74, 6) is 1.26. The summed E-state index contributed by atoms with van der Waals surface area (Å²) in [6.45, 7) is 5.83. The number of hydrogen-bond acceptors (Lipinski definition) is 4. The molecule has 0 aromatic heterocycles. The third-order valence-electron chi connectivity index (χ3n) is 3.03. The lowest BCUT2D eigenvalue weighted by molar-refractivity contribution is 0.0388. The molecule has 3 N–H and O–H groups in total. The molecule has 1 rings (SSSR count). The molecule has 110 valence electrons. The second-order valence-corrected chi connectivity index (χ2v) is 5.41. The zero-order valence-corrected chi connectivity index (χ0v) is 13.0. The van der Waals surface area contributed by atoms with Crippen molar-refractivity contribution in [3.63, 3.8) is 0 Å². The number of aliphatic hydroxyl groups excluding tert-OH is 1. The lowest BCUT2D eigenvalue weighted by Gasteiger charge is -2.32. The minimum Gasteiger partial charge on any atom is -0.496 e. The number of benzene rings is 1. The standard InChI is InChI=1S/C14H23NO3.ClH/c1-14(2,3)13(16)12(15)11-9(17-4)7-6-8-10(11)18-5;/h6-8,12-13,16H,15H2,1-5H3;1H/t12-,13-;/m0./s1. The van der Waals surface area contributed by atoms with Crippen LogP contribution in [-0.2, 0) is 0 Å². The molecule has 0 heterocycles. The molecule has 4 nitrogen and oxygen atoms in total. The Morgan fingerprint density at radius 2 is 1.53 bits per heavy atom. The fourth-order valence-corrected chi connectivity index (χ4v) is 1.90. The van der Waals surface area contributed by atoms with Gasteiger partial charge in [0.1, 0.15) is 11.5 Å². The van der Waals surface area contributed by atoms with Crippen molar-refractivity contribution in [3.05, 3.63) is 23.8 Å². The number of halogens is 1. The van der Waals surface area contributed by atoms with Gasteiger partial charge in [-0.15, -0.1) is 12.4 Å². The second-order valence-electron chi connectivity index (χ2n) is 5.41. The van der Waals surface area contributed by atoms with E-state index in [9.17, 15) is 5.11 Å². The number of rotatable bonds is 4. The summed E-state index contributed by atoms with van der Waals surface area (Å²) in [6, 6.07) is 4.90. The molecule has 0 aliphatic rings. The van der Waals surface area contributed by atoms with Crippen LogP contribution >= 0.6 is 12.4 Å². The first-order valence-electron chi connectivity index (χ1n) is 5.97. The van der Waals surface area contributed by atoms with E-state index in [1.165, 1.54) is 0 Å². The molecule has 5 heteroatoms. The van der Waals surface area contributed by atoms with Gasteiger partial charge in [-0.2, -0.15) is 0 Å². The van der Waals surface area contributed by atoms with Crippen molar-refractivity contribution in [2.24, 2.45) is 11.1 Å². The highest BCUT2D eigenvalue weighted by Crippen LogP contribution is 2.38. The number of methoxy groups -OCH3 is 2. The van der Waals surface area contributed by atoms with Crippen molar-refractivity contribution in [2.75, 3.05) is 14.2 Å². The normalized spacial score (nSPS) is 14.3. The monoisotopic (exact) mass is 289 g/mol. The molecule has 0 saturated heterocycles. The van der Waals surface area contributed by atoms with E-state index in [2.05, 4.69) is 0 Å². The van der Waals surface area contributed by atoms with Gasteiger partial charge in [-0.1, -0.05) is 26.8 Å². The van der Waals surface area contributed by atoms with Gasteiger partial charge in [0.2, 0.25) is 0 Å². The fourth-order valence-electron chi connectivity index (χ4n) is 1.90. The third-order valence-corrected chi connectivity index (χ3v) is 3.03. The summed E-state index contributed by atoms with van der Waals surface area (Å²) in [5, 5.41) is 10.3. The van der Waals surface area contributed by atoms with Crippen molar-refractivity contribution >= 4 is 12.4 Å². The van der Waals surface area contributed by atoms with Gasteiger partial charge in [0.05, 0.1) is 31.9 Å². The van der Waals surface area contributed by atoms with Gasteiger partial charge in [-0.25, -0.2) is 0 Å². The van der Waals surface area contributed by atoms with Gasteiger partial charge in [0.15, 0.2) is 0 Å². The first kappa shape index (κ1) is 18.0. The summed E-state index contributed by atoms with van der Waals surface area (Å²) < 4.78 is 10.6. The zero-order chi connectivity index (χ0) is 13.9. The van der Waals surface area contributed by atoms with Gasteiger partial charge >= 0.3 is 0 Å². The molecule has 0 fully saturated rings. The molecule has 0 radical (unpaired) electrons. The van der Waals surface area contributed by atoms with Crippen LogP contribution in [0.5, 0.6) is 11.5 Å². The SMILES string of the molecule is COc1cccc(OC)c1[C@H](N)[C@H](O)C(C)(C)C.Cl. The molecule has 0 spiro atoms. The van der Waals surface area contributed by atoms with E-state index in [-0.39, 0.29) is 17.8 Å². The highest BCUT2D eigenvalue weighted by molar-refractivity contribution is 5.85. The lowest BCUT2D eigenvalue weighted by Crippen LogP contribution is -2.37. The Labute approximate surface area is 121 Å². The smallest absolute Gasteiger partial charge is 0.127 e. The number of nitrogens with two attached hydrogens (primary N) is 1. The Morgan fingerprint density at radius 1 is 1.11 bits per heavy atom. The summed E-state index contributed by atoms with van der Waals surface area (Å²) in [7, 11) is 3.16. The average molecular weight is 290 g/mol. The Morgan fingerprint density at radius 3 is 1.84 bits per heavy atom. The van der Waals surface area contributed by atoms with Gasteiger partial charge in [0.25, 0.3) is 0 Å². The molecule has 2 atom stereocenters. The maximum atomic E-state index is 10.3. The van der Waals surface area contributed by atoms with Crippen molar-refractivity contribution in [1.82, 2.24) is 0 Å². The molecule has 1 aromatic carbocycles. The van der Waals surface area contributed by atoms with Crippen molar-refractivity contribution in [2.45, 2.75) is 32.9 Å². The topological polar surface area (TPSA) is 64.7 Å². The summed E-state index contributed by atoms with van der Waals surface area (Å²) in [6.07, 6.45) is -0.692. The van der Waals surface area contributed by atoms with Crippen LogP contribution in [0, 0.1) is 5.41 Å². The maximum absolute atomic E-state index is 10.3. The fraction of sp³-hybridized carbons (Fsp3) is 0.571. The van der Waals surface area contributed by atoms with Crippen LogP contribution < -0.4 is 15.2 Å². The van der Waals surface area contributed by atoms with Gasteiger partial charge in [-0.05, 0) is 17.5 Å². The zero-order valence-electron chi connectivity index (χ0n) is 12.1. The predicted molar refractivity (Wildman–Crippen MR) is 79.2 cm³/mol. The van der Waals surface area contributed by atoms with Crippen LogP contribution in [0.1, 0.15) is 32.4 Å². The van der Waals surface area contributed by atoms with Gasteiger partial charge in [0, 0.05) is 0 Å². The summed E-state index contributed by atoms with van der Waals surface area (Å²) in [5.41, 5.74) is 6.55. The molecule has 0 amide bonds. The number of hydrogen-bond donors (Lipinski definition) is 2. The second kappa shape index (κ2) is 6.98. The first-order chi connectivity index (χ1) is 8.32. The van der Waals surface area contributed by atoms with Crippen LogP contribution in [0.3, 0.4) is 0 Å². The van der Waals surface area contributed by atoms with Gasteiger partial charge < -0.3 is 20.3 Å². The lowest BCUT2D eigenvalue weighted by atomic mass is 9.82. The van der Waals surface area contributed by atoms with E-state index in [0.717, 1.165) is 0 Å². The number of ether oxygens (including phenoxy) is 2. The quantitative estimate of drug-likeness (QED) is 0.894. The van der Waals surface area contributed by atoms with Crippen molar-refractivity contribution < 1.29 is 14.6 Å². The van der Waals surface area contributed by atoms with E-state index in [1.807, 2.05) is 39.0 Å². The third kappa shape index (κ3) is 4.00. The predicted octanol–water partition coefficient (Wildman–Crippen LogP) is 2.53. The van der Waals surface area contributed by atoms with Crippen LogP contribution in [0.2, 0.25) is 0 Å². The molecule has 0 aliphatic carbocycles. The minimum absolute atomic E-state index is 0. The van der Waals surface area contributed by atoms with Crippen LogP contribution in [0.4, 0.5) is 0 Å². The Hall–Kier alpha value is -0.970. The maximum Gasteiger partial charge on any atom is 0.127 e. The van der Waals surface area contributed by atoms with E-state index in [0.29, 0.717) is 17.1 Å². The molecule has 1 aromatic rings. The molecule has 19 heavy (non-hydrogen) atoms. The number of aliphatic hydroxyl groups is 1. The first-order valence-corrected chi connectivity index (χ1v) is 5.97. The van der Waals surface area contributed by atoms with Crippen LogP contribution in [0.15, 0.2) is 18.2 Å². The highest BCUT2D eigenvalue weighted by atomic mass is 35.5. The Kier molecular flexibility index (Phi) is 6.63. The van der Waals surface area contributed by atoms with E-state index in [4.69, 9.17) is 15.2 Å². The van der Waals surface area contributed by atoms with E-state index in [1.54, 1.807) is 14.2 Å². The van der Waals surface area contributed by atoms with Crippen molar-refractivity contribution in [1.29, 1.82) is 0 Å². The summed E-state index contributed by atoms with van der Waals surface area (Å²) >= 11 is 0. The molecular formula is C14H24ClNO3. The minimum atomic E-state index is -0.692. The molecule has 0 saturated carbocycles. The molecular weight excluding hydrogens is 266 g/mol. The van der Waals surface area contributed by atoms with E-state index >= 15 is 0 Å². The molecule has 0 unspecified atom stereocenters. The summed E-state index contributed by atoms with van der Waals surface area (Å²) in [4.78, 5) is 0. The van der Waals surface area contributed by atoms with Crippen LogP contribution in [-0.4, -0.2) is 25.4 Å². The van der Waals surface area contributed by atoms with Crippen LogP contribution in [0.25, 0.3) is 0 Å². The highest BCUT2D eigenvalue weighted by Gasteiger charge is 2.32. The van der Waals surface area contributed by atoms with Gasteiger partial charge in [-0.3, -0.25) is 0 Å². The largest absolute Gasteiger partial charge is 0.496 e. The molecule has 0 aliphatic heterocycles. The molecule has 0 bridgehead atoms. The van der Waals surface area contributed by atoms with E-state index < -0.39 is 12.1 Å². The average Bonchev–Trinajstić information content (AvgIpc) is 2.34. The Bertz CT molecular complexity index is 382. The Balaban J connectivity index is 0.00000324.